The lowest BCUT2D eigenvalue weighted by atomic mass is 10.2. The summed E-state index contributed by atoms with van der Waals surface area (Å²) in [6.07, 6.45) is 3.78. The fourth-order valence-electron chi connectivity index (χ4n) is 1.53. The van der Waals surface area contributed by atoms with Gasteiger partial charge in [0, 0.05) is 19.3 Å². The van der Waals surface area contributed by atoms with Gasteiger partial charge in [-0.25, -0.2) is 4.98 Å². The second kappa shape index (κ2) is 6.81. The molecule has 0 saturated carbocycles. The predicted molar refractivity (Wildman–Crippen MR) is 63.2 cm³/mol. The molecule has 0 atom stereocenters. The zero-order chi connectivity index (χ0) is 11.8. The van der Waals surface area contributed by atoms with Crippen molar-refractivity contribution >= 4 is 5.82 Å². The van der Waals surface area contributed by atoms with Crippen LogP contribution in [0.2, 0.25) is 0 Å². The summed E-state index contributed by atoms with van der Waals surface area (Å²) in [4.78, 5) is 6.17. The number of aliphatic hydroxyl groups is 1. The second-order valence-corrected chi connectivity index (χ2v) is 3.55. The van der Waals surface area contributed by atoms with Crippen LogP contribution in [0.5, 0.6) is 0 Å². The van der Waals surface area contributed by atoms with Gasteiger partial charge in [0.15, 0.2) is 0 Å². The summed E-state index contributed by atoms with van der Waals surface area (Å²) in [5.74, 6) is 0.674. The Labute approximate surface area is 96.2 Å². The van der Waals surface area contributed by atoms with Crippen molar-refractivity contribution in [1.82, 2.24) is 4.98 Å². The molecule has 1 heterocycles. The summed E-state index contributed by atoms with van der Waals surface area (Å²) >= 11 is 0. The zero-order valence-corrected chi connectivity index (χ0v) is 9.56. The van der Waals surface area contributed by atoms with Gasteiger partial charge < -0.3 is 10.0 Å². The Morgan fingerprint density at radius 1 is 1.50 bits per heavy atom. The molecule has 0 fully saturated rings. The molecular formula is C12H17N3O. The maximum absolute atomic E-state index is 9.01. The van der Waals surface area contributed by atoms with Gasteiger partial charge >= 0.3 is 0 Å². The van der Waals surface area contributed by atoms with E-state index in [-0.39, 0.29) is 6.61 Å². The second-order valence-electron chi connectivity index (χ2n) is 3.55. The minimum atomic E-state index is 0.0746. The van der Waals surface area contributed by atoms with Gasteiger partial charge in [0.1, 0.15) is 11.9 Å². The van der Waals surface area contributed by atoms with Crippen molar-refractivity contribution in [2.75, 3.05) is 24.6 Å². The summed E-state index contributed by atoms with van der Waals surface area (Å²) in [7, 11) is 0. The lowest BCUT2D eigenvalue weighted by molar-refractivity contribution is 0.301. The molecule has 0 spiro atoms. The fraction of sp³-hybridized carbons (Fsp3) is 0.500. The predicted octanol–water partition coefficient (Wildman–Crippen LogP) is 1.55. The average Bonchev–Trinajstić information content (AvgIpc) is 2.34. The highest BCUT2D eigenvalue weighted by molar-refractivity contribution is 5.53. The maximum atomic E-state index is 9.01. The van der Waals surface area contributed by atoms with E-state index in [9.17, 15) is 0 Å². The molecule has 1 rings (SSSR count). The molecule has 1 N–H and O–H groups in total. The van der Waals surface area contributed by atoms with Gasteiger partial charge in [0.2, 0.25) is 0 Å². The van der Waals surface area contributed by atoms with Crippen molar-refractivity contribution in [2.45, 2.75) is 19.8 Å². The van der Waals surface area contributed by atoms with Gasteiger partial charge in [-0.1, -0.05) is 13.3 Å². The summed E-state index contributed by atoms with van der Waals surface area (Å²) in [6, 6.07) is 5.62. The largest absolute Gasteiger partial charge is 0.395 e. The molecule has 1 aromatic heterocycles. The molecule has 4 heteroatoms. The molecule has 0 aliphatic heterocycles. The number of hydrogen-bond acceptors (Lipinski definition) is 4. The van der Waals surface area contributed by atoms with Crippen LogP contribution in [0.4, 0.5) is 5.82 Å². The van der Waals surface area contributed by atoms with Crippen molar-refractivity contribution < 1.29 is 5.11 Å². The van der Waals surface area contributed by atoms with Gasteiger partial charge in [0.05, 0.1) is 12.2 Å². The normalized spacial score (nSPS) is 9.81. The van der Waals surface area contributed by atoms with Crippen LogP contribution in [-0.4, -0.2) is 29.8 Å². The minimum absolute atomic E-state index is 0.0746. The number of nitriles is 1. The van der Waals surface area contributed by atoms with Gasteiger partial charge in [-0.3, -0.25) is 0 Å². The lowest BCUT2D eigenvalue weighted by Crippen LogP contribution is -2.29. The Morgan fingerprint density at radius 3 is 2.94 bits per heavy atom. The molecule has 86 valence electrons. The number of aliphatic hydroxyl groups excluding tert-OH is 1. The smallest absolute Gasteiger partial charge is 0.146 e. The van der Waals surface area contributed by atoms with Crippen molar-refractivity contribution in [3.8, 4) is 6.07 Å². The van der Waals surface area contributed by atoms with Crippen molar-refractivity contribution in [3.63, 3.8) is 0 Å². The first-order chi connectivity index (χ1) is 7.83. The van der Waals surface area contributed by atoms with Crippen LogP contribution in [0.1, 0.15) is 25.3 Å². The van der Waals surface area contributed by atoms with Crippen LogP contribution >= 0.6 is 0 Å². The monoisotopic (exact) mass is 219 g/mol. The summed E-state index contributed by atoms with van der Waals surface area (Å²) in [5, 5.41) is 18.0. The van der Waals surface area contributed by atoms with Crippen molar-refractivity contribution in [2.24, 2.45) is 0 Å². The van der Waals surface area contributed by atoms with Crippen LogP contribution in [-0.2, 0) is 0 Å². The van der Waals surface area contributed by atoms with Crippen LogP contribution in [0.15, 0.2) is 18.3 Å². The van der Waals surface area contributed by atoms with E-state index in [0.717, 1.165) is 19.4 Å². The third-order valence-electron chi connectivity index (χ3n) is 2.36. The number of nitrogens with zero attached hydrogens (tertiary/aromatic N) is 3. The summed E-state index contributed by atoms with van der Waals surface area (Å²) in [6.45, 7) is 3.53. The molecule has 0 aromatic carbocycles. The summed E-state index contributed by atoms with van der Waals surface area (Å²) in [5.41, 5.74) is 0.562. The van der Waals surface area contributed by atoms with E-state index >= 15 is 0 Å². The van der Waals surface area contributed by atoms with Crippen molar-refractivity contribution in [3.05, 3.63) is 23.9 Å². The Balaban J connectivity index is 2.87. The van der Waals surface area contributed by atoms with Crippen LogP contribution in [0.25, 0.3) is 0 Å². The lowest BCUT2D eigenvalue weighted by Gasteiger charge is -2.23. The molecule has 0 aliphatic rings. The van der Waals surface area contributed by atoms with Crippen LogP contribution < -0.4 is 4.90 Å². The molecule has 4 nitrogen and oxygen atoms in total. The van der Waals surface area contributed by atoms with Gasteiger partial charge in [-0.2, -0.15) is 5.26 Å². The molecule has 0 bridgehead atoms. The first-order valence-electron chi connectivity index (χ1n) is 5.54. The molecule has 0 radical (unpaired) electrons. The van der Waals surface area contributed by atoms with Crippen LogP contribution in [0, 0.1) is 11.3 Å². The quantitative estimate of drug-likeness (QED) is 0.788. The summed E-state index contributed by atoms with van der Waals surface area (Å²) < 4.78 is 0. The molecule has 0 saturated heterocycles. The Hall–Kier alpha value is -1.60. The number of anilines is 1. The zero-order valence-electron chi connectivity index (χ0n) is 9.56. The van der Waals surface area contributed by atoms with E-state index in [0.29, 0.717) is 17.9 Å². The topological polar surface area (TPSA) is 60.1 Å². The molecule has 0 aliphatic carbocycles. The Morgan fingerprint density at radius 2 is 2.31 bits per heavy atom. The molecule has 0 amide bonds. The molecule has 16 heavy (non-hydrogen) atoms. The number of aromatic nitrogens is 1. The van der Waals surface area contributed by atoms with E-state index in [1.165, 1.54) is 0 Å². The first-order valence-corrected chi connectivity index (χ1v) is 5.54. The average molecular weight is 219 g/mol. The highest BCUT2D eigenvalue weighted by Gasteiger charge is 2.10. The standard InChI is InChI=1S/C12H17N3O/c1-2-3-7-15(8-9-16)12-11(10-13)5-4-6-14-12/h4-6,16H,2-3,7-9H2,1H3. The van der Waals surface area contributed by atoms with E-state index in [2.05, 4.69) is 18.0 Å². The van der Waals surface area contributed by atoms with E-state index < -0.39 is 0 Å². The third-order valence-corrected chi connectivity index (χ3v) is 2.36. The third kappa shape index (κ3) is 3.21. The number of rotatable bonds is 6. The number of unbranched alkanes of at least 4 members (excludes halogenated alkanes) is 1. The minimum Gasteiger partial charge on any atom is -0.395 e. The Kier molecular flexibility index (Phi) is 5.30. The van der Waals surface area contributed by atoms with Gasteiger partial charge in [0.25, 0.3) is 0 Å². The number of pyridine rings is 1. The Bertz CT molecular complexity index is 360. The SMILES string of the molecule is CCCCN(CCO)c1ncccc1C#N. The van der Waals surface area contributed by atoms with Gasteiger partial charge in [-0.05, 0) is 18.6 Å². The first kappa shape index (κ1) is 12.5. The van der Waals surface area contributed by atoms with E-state index in [1.807, 2.05) is 4.90 Å². The number of hydrogen-bond donors (Lipinski definition) is 1. The molecule has 0 unspecified atom stereocenters. The fourth-order valence-corrected chi connectivity index (χ4v) is 1.53. The molecule has 1 aromatic rings. The van der Waals surface area contributed by atoms with Crippen molar-refractivity contribution in [1.29, 1.82) is 5.26 Å². The molecular weight excluding hydrogens is 202 g/mol. The highest BCUT2D eigenvalue weighted by atomic mass is 16.3. The van der Waals surface area contributed by atoms with Crippen LogP contribution in [0.3, 0.4) is 0 Å². The van der Waals surface area contributed by atoms with Gasteiger partial charge in [-0.15, -0.1) is 0 Å². The van der Waals surface area contributed by atoms with E-state index in [4.69, 9.17) is 10.4 Å². The van der Waals surface area contributed by atoms with E-state index in [1.54, 1.807) is 18.3 Å². The highest BCUT2D eigenvalue weighted by Crippen LogP contribution is 2.16. The maximum Gasteiger partial charge on any atom is 0.146 e.